The van der Waals surface area contributed by atoms with Gasteiger partial charge in [0.15, 0.2) is 0 Å². The number of rotatable bonds is 6. The van der Waals surface area contributed by atoms with Gasteiger partial charge in [0.2, 0.25) is 11.8 Å². The van der Waals surface area contributed by atoms with E-state index < -0.39 is 0 Å². The number of amides is 2. The van der Waals surface area contributed by atoms with Crippen LogP contribution >= 0.6 is 12.4 Å². The highest BCUT2D eigenvalue weighted by atomic mass is 35.5. The number of benzene rings is 1. The van der Waals surface area contributed by atoms with Crippen molar-refractivity contribution in [2.45, 2.75) is 31.8 Å². The fourth-order valence-electron chi connectivity index (χ4n) is 1.96. The van der Waals surface area contributed by atoms with Crippen LogP contribution in [0.3, 0.4) is 0 Å². The van der Waals surface area contributed by atoms with E-state index in [2.05, 4.69) is 10.6 Å². The van der Waals surface area contributed by atoms with Gasteiger partial charge in [-0.2, -0.15) is 0 Å². The maximum Gasteiger partial charge on any atom is 0.239 e. The van der Waals surface area contributed by atoms with Gasteiger partial charge in [-0.1, -0.05) is 37.3 Å². The highest BCUT2D eigenvalue weighted by Crippen LogP contribution is 2.19. The highest BCUT2D eigenvalue weighted by Gasteiger charge is 2.25. The number of carbonyl (C=O) groups excluding carboxylic acids is 2. The van der Waals surface area contributed by atoms with Crippen LogP contribution in [0.2, 0.25) is 0 Å². The topological polar surface area (TPSA) is 84.2 Å². The summed E-state index contributed by atoms with van der Waals surface area (Å²) >= 11 is 0. The van der Waals surface area contributed by atoms with Gasteiger partial charge in [-0.05, 0) is 18.4 Å². The van der Waals surface area contributed by atoms with Gasteiger partial charge < -0.3 is 16.4 Å². The summed E-state index contributed by atoms with van der Waals surface area (Å²) in [7, 11) is 0. The molecule has 1 aromatic rings. The third-order valence-corrected chi connectivity index (χ3v) is 3.50. The molecule has 0 aliphatic heterocycles. The summed E-state index contributed by atoms with van der Waals surface area (Å²) in [4.78, 5) is 23.5. The minimum atomic E-state index is -0.383. The number of nitrogens with one attached hydrogen (secondary N) is 2. The first-order valence-corrected chi connectivity index (χ1v) is 6.95. The van der Waals surface area contributed by atoms with Crippen molar-refractivity contribution in [1.82, 2.24) is 10.6 Å². The molecule has 116 valence electrons. The summed E-state index contributed by atoms with van der Waals surface area (Å²) in [5.41, 5.74) is 6.99. The van der Waals surface area contributed by atoms with Crippen LogP contribution in [0.1, 0.15) is 31.4 Å². The van der Waals surface area contributed by atoms with Crippen LogP contribution < -0.4 is 16.4 Å². The molecule has 0 heterocycles. The van der Waals surface area contributed by atoms with E-state index in [1.165, 1.54) is 0 Å². The molecule has 1 aromatic carbocycles. The predicted molar refractivity (Wildman–Crippen MR) is 84.0 cm³/mol. The van der Waals surface area contributed by atoms with E-state index in [4.69, 9.17) is 5.73 Å². The minimum absolute atomic E-state index is 0. The Labute approximate surface area is 131 Å². The number of hydrogen-bond acceptors (Lipinski definition) is 3. The zero-order valence-corrected chi connectivity index (χ0v) is 12.9. The maximum atomic E-state index is 12.0. The Hall–Kier alpha value is -1.59. The smallest absolute Gasteiger partial charge is 0.239 e. The first-order chi connectivity index (χ1) is 9.58. The van der Waals surface area contributed by atoms with Crippen molar-refractivity contribution in [2.75, 3.05) is 6.54 Å². The standard InChI is InChI=1S/C15H21N3O2.ClH/c1-10(14(16)11-5-3-2-4-6-11)15(20)17-9-13(19)18-12-7-8-12;/h2-6,10,12,14H,7-9,16H2,1H3,(H,17,20)(H,18,19);1H. The normalized spacial score (nSPS) is 16.3. The third kappa shape index (κ3) is 5.36. The lowest BCUT2D eigenvalue weighted by atomic mass is 9.95. The summed E-state index contributed by atoms with van der Waals surface area (Å²) in [6.45, 7) is 1.78. The van der Waals surface area contributed by atoms with Gasteiger partial charge in [-0.3, -0.25) is 9.59 Å². The first kappa shape index (κ1) is 17.5. The molecule has 2 rings (SSSR count). The van der Waals surface area contributed by atoms with Crippen molar-refractivity contribution in [1.29, 1.82) is 0 Å². The Bertz CT molecular complexity index is 477. The Morgan fingerprint density at radius 3 is 2.48 bits per heavy atom. The molecular formula is C15H22ClN3O2. The second-order valence-corrected chi connectivity index (χ2v) is 5.28. The molecule has 21 heavy (non-hydrogen) atoms. The number of carbonyl (C=O) groups is 2. The monoisotopic (exact) mass is 311 g/mol. The summed E-state index contributed by atoms with van der Waals surface area (Å²) in [5, 5.41) is 5.46. The molecule has 5 nitrogen and oxygen atoms in total. The Morgan fingerprint density at radius 2 is 1.90 bits per heavy atom. The van der Waals surface area contributed by atoms with Crippen LogP contribution in [0.4, 0.5) is 0 Å². The van der Waals surface area contributed by atoms with Gasteiger partial charge in [0, 0.05) is 12.1 Å². The minimum Gasteiger partial charge on any atom is -0.352 e. The first-order valence-electron chi connectivity index (χ1n) is 6.95. The van der Waals surface area contributed by atoms with Crippen molar-refractivity contribution in [3.63, 3.8) is 0 Å². The molecule has 1 aliphatic rings. The van der Waals surface area contributed by atoms with Crippen molar-refractivity contribution >= 4 is 24.2 Å². The van der Waals surface area contributed by atoms with E-state index in [1.807, 2.05) is 30.3 Å². The maximum absolute atomic E-state index is 12.0. The Balaban J connectivity index is 0.00000220. The molecule has 0 aromatic heterocycles. The molecule has 0 spiro atoms. The van der Waals surface area contributed by atoms with Crippen LogP contribution in [0.25, 0.3) is 0 Å². The average Bonchev–Trinajstić information content (AvgIpc) is 3.28. The number of nitrogens with two attached hydrogens (primary N) is 1. The molecular weight excluding hydrogens is 290 g/mol. The Kier molecular flexibility index (Phi) is 6.65. The van der Waals surface area contributed by atoms with Crippen LogP contribution in [-0.4, -0.2) is 24.4 Å². The summed E-state index contributed by atoms with van der Waals surface area (Å²) in [6, 6.07) is 9.42. The number of halogens is 1. The van der Waals surface area contributed by atoms with Gasteiger partial charge >= 0.3 is 0 Å². The lowest BCUT2D eigenvalue weighted by Crippen LogP contribution is -2.42. The van der Waals surface area contributed by atoms with E-state index >= 15 is 0 Å². The molecule has 1 fully saturated rings. The van der Waals surface area contributed by atoms with Gasteiger partial charge in [0.1, 0.15) is 0 Å². The Morgan fingerprint density at radius 1 is 1.29 bits per heavy atom. The van der Waals surface area contributed by atoms with Crippen molar-refractivity contribution in [2.24, 2.45) is 11.7 Å². The highest BCUT2D eigenvalue weighted by molar-refractivity contribution is 5.86. The molecule has 1 saturated carbocycles. The van der Waals surface area contributed by atoms with Gasteiger partial charge in [-0.15, -0.1) is 12.4 Å². The molecule has 2 unspecified atom stereocenters. The van der Waals surface area contributed by atoms with Crippen LogP contribution in [0.5, 0.6) is 0 Å². The fraction of sp³-hybridized carbons (Fsp3) is 0.467. The van der Waals surface area contributed by atoms with Gasteiger partial charge in [-0.25, -0.2) is 0 Å². The molecule has 2 amide bonds. The van der Waals surface area contributed by atoms with Gasteiger partial charge in [0.05, 0.1) is 12.5 Å². The van der Waals surface area contributed by atoms with Crippen LogP contribution in [-0.2, 0) is 9.59 Å². The summed E-state index contributed by atoms with van der Waals surface area (Å²) in [6.07, 6.45) is 2.07. The van der Waals surface area contributed by atoms with Crippen molar-refractivity contribution < 1.29 is 9.59 Å². The number of hydrogen-bond donors (Lipinski definition) is 3. The third-order valence-electron chi connectivity index (χ3n) is 3.50. The van der Waals surface area contributed by atoms with Crippen molar-refractivity contribution in [3.05, 3.63) is 35.9 Å². The van der Waals surface area contributed by atoms with E-state index in [-0.39, 0.29) is 42.7 Å². The van der Waals surface area contributed by atoms with E-state index in [0.717, 1.165) is 18.4 Å². The summed E-state index contributed by atoms with van der Waals surface area (Å²) < 4.78 is 0. The zero-order chi connectivity index (χ0) is 14.5. The second-order valence-electron chi connectivity index (χ2n) is 5.28. The lowest BCUT2D eigenvalue weighted by Gasteiger charge is -2.19. The van der Waals surface area contributed by atoms with Crippen LogP contribution in [0, 0.1) is 5.92 Å². The molecule has 0 radical (unpaired) electrons. The molecule has 4 N–H and O–H groups in total. The quantitative estimate of drug-likeness (QED) is 0.736. The molecule has 0 saturated heterocycles. The van der Waals surface area contributed by atoms with Crippen LogP contribution in [0.15, 0.2) is 30.3 Å². The van der Waals surface area contributed by atoms with E-state index in [1.54, 1.807) is 6.92 Å². The van der Waals surface area contributed by atoms with Crippen molar-refractivity contribution in [3.8, 4) is 0 Å². The molecule has 6 heteroatoms. The van der Waals surface area contributed by atoms with E-state index in [0.29, 0.717) is 6.04 Å². The SMILES string of the molecule is CC(C(=O)NCC(=O)NC1CC1)C(N)c1ccccc1.Cl. The fourth-order valence-corrected chi connectivity index (χ4v) is 1.96. The lowest BCUT2D eigenvalue weighted by molar-refractivity contribution is -0.128. The van der Waals surface area contributed by atoms with Gasteiger partial charge in [0.25, 0.3) is 0 Å². The zero-order valence-electron chi connectivity index (χ0n) is 12.0. The molecule has 1 aliphatic carbocycles. The predicted octanol–water partition coefficient (Wildman–Crippen LogP) is 1.14. The average molecular weight is 312 g/mol. The summed E-state index contributed by atoms with van der Waals surface area (Å²) in [5.74, 6) is -0.722. The largest absolute Gasteiger partial charge is 0.352 e. The van der Waals surface area contributed by atoms with E-state index in [9.17, 15) is 9.59 Å². The molecule has 0 bridgehead atoms. The second kappa shape index (κ2) is 8.00. The molecule has 2 atom stereocenters.